The van der Waals surface area contributed by atoms with E-state index in [1.165, 1.54) is 24.3 Å². The molecule has 0 aliphatic carbocycles. The van der Waals surface area contributed by atoms with Gasteiger partial charge < -0.3 is 5.11 Å². The molecule has 0 aromatic heterocycles. The molecule has 0 saturated carbocycles. The quantitative estimate of drug-likeness (QED) is 0.522. The molecular weight excluding hydrogens is 277 g/mol. The number of non-ortho nitro benzene ring substituents is 1. The summed E-state index contributed by atoms with van der Waals surface area (Å²) in [6.45, 7) is 0. The van der Waals surface area contributed by atoms with Crippen LogP contribution in [0.4, 0.5) is 10.1 Å². The molecule has 1 N–H and O–H groups in total. The molecule has 104 valence electrons. The SMILES string of the molecule is O=C(O)c1ccc([N+](=O)[O-])cc1C#Cc1ccc(F)cc1. The number of hydrogen-bond donors (Lipinski definition) is 1. The Labute approximate surface area is 118 Å². The highest BCUT2D eigenvalue weighted by Gasteiger charge is 2.13. The van der Waals surface area contributed by atoms with Crippen LogP contribution in [0.25, 0.3) is 0 Å². The van der Waals surface area contributed by atoms with Crippen molar-refractivity contribution in [2.45, 2.75) is 0 Å². The van der Waals surface area contributed by atoms with E-state index in [9.17, 15) is 19.3 Å². The zero-order valence-electron chi connectivity index (χ0n) is 10.5. The first kappa shape index (κ1) is 14.2. The highest BCUT2D eigenvalue weighted by Crippen LogP contribution is 2.17. The molecule has 0 aliphatic rings. The first-order valence-electron chi connectivity index (χ1n) is 5.76. The normalized spacial score (nSPS) is 9.57. The van der Waals surface area contributed by atoms with E-state index in [1.54, 1.807) is 0 Å². The van der Waals surface area contributed by atoms with Crippen LogP contribution in [0.15, 0.2) is 42.5 Å². The molecule has 0 spiro atoms. The number of hydrogen-bond acceptors (Lipinski definition) is 3. The lowest BCUT2D eigenvalue weighted by Gasteiger charge is -1.99. The van der Waals surface area contributed by atoms with Crippen molar-refractivity contribution >= 4 is 11.7 Å². The van der Waals surface area contributed by atoms with Crippen LogP contribution in [0.3, 0.4) is 0 Å². The molecule has 2 aromatic rings. The molecule has 0 heterocycles. The molecule has 0 amide bonds. The molecule has 0 atom stereocenters. The number of aromatic carboxylic acids is 1. The van der Waals surface area contributed by atoms with Gasteiger partial charge in [-0.3, -0.25) is 10.1 Å². The zero-order valence-corrected chi connectivity index (χ0v) is 10.5. The van der Waals surface area contributed by atoms with E-state index in [4.69, 9.17) is 5.11 Å². The Kier molecular flexibility index (Phi) is 3.95. The number of carboxylic acids is 1. The molecule has 0 fully saturated rings. The van der Waals surface area contributed by atoms with Crippen LogP contribution >= 0.6 is 0 Å². The smallest absolute Gasteiger partial charge is 0.336 e. The number of nitrogens with zero attached hydrogens (tertiary/aromatic N) is 1. The Morgan fingerprint density at radius 3 is 2.38 bits per heavy atom. The van der Waals surface area contributed by atoms with E-state index in [1.807, 2.05) is 0 Å². The molecule has 21 heavy (non-hydrogen) atoms. The van der Waals surface area contributed by atoms with Gasteiger partial charge in [-0.2, -0.15) is 0 Å². The largest absolute Gasteiger partial charge is 0.478 e. The third kappa shape index (κ3) is 3.42. The lowest BCUT2D eigenvalue weighted by Crippen LogP contribution is -2.01. The Bertz CT molecular complexity index is 772. The van der Waals surface area contributed by atoms with E-state index in [2.05, 4.69) is 11.8 Å². The second-order valence-corrected chi connectivity index (χ2v) is 4.05. The first-order valence-corrected chi connectivity index (χ1v) is 5.76. The fraction of sp³-hybridized carbons (Fsp3) is 0. The molecule has 2 rings (SSSR count). The Hall–Kier alpha value is -3.20. The maximum atomic E-state index is 12.8. The summed E-state index contributed by atoms with van der Waals surface area (Å²) in [5, 5.41) is 19.8. The lowest BCUT2D eigenvalue weighted by molar-refractivity contribution is -0.384. The summed E-state index contributed by atoms with van der Waals surface area (Å²) in [7, 11) is 0. The van der Waals surface area contributed by atoms with Gasteiger partial charge in [-0.05, 0) is 30.3 Å². The predicted molar refractivity (Wildman–Crippen MR) is 72.4 cm³/mol. The van der Waals surface area contributed by atoms with Crippen LogP contribution in [-0.4, -0.2) is 16.0 Å². The van der Waals surface area contributed by atoms with Gasteiger partial charge in [0.15, 0.2) is 0 Å². The maximum Gasteiger partial charge on any atom is 0.336 e. The number of halogens is 1. The van der Waals surface area contributed by atoms with Gasteiger partial charge in [-0.15, -0.1) is 0 Å². The van der Waals surface area contributed by atoms with E-state index < -0.39 is 16.7 Å². The Morgan fingerprint density at radius 2 is 1.81 bits per heavy atom. The number of benzene rings is 2. The topological polar surface area (TPSA) is 80.4 Å². The summed E-state index contributed by atoms with van der Waals surface area (Å²) in [5.41, 5.74) is 0.124. The summed E-state index contributed by atoms with van der Waals surface area (Å²) in [4.78, 5) is 21.2. The average molecular weight is 285 g/mol. The van der Waals surface area contributed by atoms with Gasteiger partial charge in [-0.25, -0.2) is 9.18 Å². The van der Waals surface area contributed by atoms with E-state index >= 15 is 0 Å². The second kappa shape index (κ2) is 5.84. The molecule has 5 nitrogen and oxygen atoms in total. The van der Waals surface area contributed by atoms with Gasteiger partial charge >= 0.3 is 5.97 Å². The first-order chi connectivity index (χ1) is 9.97. The summed E-state index contributed by atoms with van der Waals surface area (Å²) in [6, 6.07) is 8.63. The van der Waals surface area contributed by atoms with Crippen LogP contribution < -0.4 is 0 Å². The van der Waals surface area contributed by atoms with Gasteiger partial charge in [-0.1, -0.05) is 11.8 Å². The summed E-state index contributed by atoms with van der Waals surface area (Å²) in [6.07, 6.45) is 0. The average Bonchev–Trinajstić information content (AvgIpc) is 2.46. The minimum atomic E-state index is -1.23. The van der Waals surface area contributed by atoms with Crippen LogP contribution in [0.5, 0.6) is 0 Å². The highest BCUT2D eigenvalue weighted by molar-refractivity contribution is 5.91. The van der Waals surface area contributed by atoms with Gasteiger partial charge in [0.2, 0.25) is 0 Å². The minimum Gasteiger partial charge on any atom is -0.478 e. The second-order valence-electron chi connectivity index (χ2n) is 4.05. The fourth-order valence-electron chi connectivity index (χ4n) is 1.61. The van der Waals surface area contributed by atoms with Crippen molar-refractivity contribution in [2.24, 2.45) is 0 Å². The van der Waals surface area contributed by atoms with Crippen molar-refractivity contribution in [1.29, 1.82) is 0 Å². The van der Waals surface area contributed by atoms with Crippen LogP contribution in [-0.2, 0) is 0 Å². The third-order valence-corrected chi connectivity index (χ3v) is 2.63. The van der Waals surface area contributed by atoms with E-state index in [0.717, 1.165) is 18.2 Å². The number of nitro groups is 1. The van der Waals surface area contributed by atoms with Crippen molar-refractivity contribution in [3.8, 4) is 11.8 Å². The molecule has 2 aromatic carbocycles. The third-order valence-electron chi connectivity index (χ3n) is 2.63. The molecule has 0 radical (unpaired) electrons. The fourth-order valence-corrected chi connectivity index (χ4v) is 1.61. The summed E-state index contributed by atoms with van der Waals surface area (Å²) >= 11 is 0. The molecule has 0 aliphatic heterocycles. The monoisotopic (exact) mass is 285 g/mol. The van der Waals surface area contributed by atoms with Crippen molar-refractivity contribution in [3.63, 3.8) is 0 Å². The van der Waals surface area contributed by atoms with Gasteiger partial charge in [0, 0.05) is 23.3 Å². The highest BCUT2D eigenvalue weighted by atomic mass is 19.1. The lowest BCUT2D eigenvalue weighted by atomic mass is 10.1. The number of carbonyl (C=O) groups is 1. The van der Waals surface area contributed by atoms with Crippen LogP contribution in [0, 0.1) is 27.8 Å². The molecular formula is C15H8FNO4. The Balaban J connectivity index is 2.47. The molecule has 0 bridgehead atoms. The van der Waals surface area contributed by atoms with E-state index in [0.29, 0.717) is 5.56 Å². The summed E-state index contributed by atoms with van der Waals surface area (Å²) in [5.74, 6) is 3.57. The number of carboxylic acid groups (broad SMARTS) is 1. The Morgan fingerprint density at radius 1 is 1.14 bits per heavy atom. The van der Waals surface area contributed by atoms with Crippen LogP contribution in [0.2, 0.25) is 0 Å². The number of rotatable bonds is 2. The number of nitro benzene ring substituents is 1. The molecule has 0 saturated heterocycles. The van der Waals surface area contributed by atoms with Crippen molar-refractivity contribution in [3.05, 3.63) is 75.1 Å². The maximum absolute atomic E-state index is 12.8. The van der Waals surface area contributed by atoms with Gasteiger partial charge in [0.05, 0.1) is 10.5 Å². The van der Waals surface area contributed by atoms with Crippen molar-refractivity contribution in [2.75, 3.05) is 0 Å². The molecule has 6 heteroatoms. The summed E-state index contributed by atoms with van der Waals surface area (Å²) < 4.78 is 12.8. The minimum absolute atomic E-state index is 0.0287. The van der Waals surface area contributed by atoms with Gasteiger partial charge in [0.25, 0.3) is 5.69 Å². The standard InChI is InChI=1S/C15H8FNO4/c16-12-5-2-10(3-6-12)1-4-11-9-13(17(20)21)7-8-14(11)15(18)19/h2-3,5-9H,(H,18,19). The van der Waals surface area contributed by atoms with Gasteiger partial charge in [0.1, 0.15) is 5.82 Å². The van der Waals surface area contributed by atoms with Crippen molar-refractivity contribution in [1.82, 2.24) is 0 Å². The van der Waals surface area contributed by atoms with Crippen molar-refractivity contribution < 1.29 is 19.2 Å². The predicted octanol–water partition coefficient (Wildman–Crippen LogP) is 2.83. The van der Waals surface area contributed by atoms with E-state index in [-0.39, 0.29) is 16.8 Å². The van der Waals surface area contributed by atoms with Crippen LogP contribution in [0.1, 0.15) is 21.5 Å². The molecule has 0 unspecified atom stereocenters. The zero-order chi connectivity index (χ0) is 15.4.